The third-order valence-corrected chi connectivity index (χ3v) is 11.9. The second kappa shape index (κ2) is 9.72. The minimum atomic E-state index is -5.90. The van der Waals surface area contributed by atoms with Crippen LogP contribution in [0.5, 0.6) is 0 Å². The number of aliphatic hydroxyl groups is 2. The Morgan fingerprint density at radius 2 is 1.81 bits per heavy atom. The van der Waals surface area contributed by atoms with Gasteiger partial charge in [-0.1, -0.05) is 20.8 Å². The molecule has 0 radical (unpaired) electrons. The van der Waals surface area contributed by atoms with Crippen molar-refractivity contribution in [2.75, 3.05) is 6.61 Å². The Bertz CT molecular complexity index is 943. The lowest BCUT2D eigenvalue weighted by molar-refractivity contribution is -0.175. The topological polar surface area (TPSA) is 124 Å². The summed E-state index contributed by atoms with van der Waals surface area (Å²) in [6.45, 7) is 4.80. The molecule has 0 heterocycles. The largest absolute Gasteiger partial charge is 0.743 e. The first kappa shape index (κ1) is 28.2. The average Bonchev–Trinajstić information content (AvgIpc) is 3.15. The maximum Gasteiger partial charge on any atom is 0.367 e. The van der Waals surface area contributed by atoms with Crippen molar-refractivity contribution >= 4 is 16.1 Å². The molecule has 36 heavy (non-hydrogen) atoms. The summed E-state index contributed by atoms with van der Waals surface area (Å²) in [5.74, 6) is 1.13. The van der Waals surface area contributed by atoms with Crippen molar-refractivity contribution in [3.63, 3.8) is 0 Å². The van der Waals surface area contributed by atoms with Crippen LogP contribution in [-0.4, -0.2) is 53.2 Å². The fourth-order valence-electron chi connectivity index (χ4n) is 9.02. The maximum atomic E-state index is 13.3. The van der Waals surface area contributed by atoms with Gasteiger partial charge in [-0.2, -0.15) is 8.78 Å². The molecule has 0 aromatic carbocycles. The van der Waals surface area contributed by atoms with Crippen LogP contribution >= 0.6 is 0 Å². The lowest BCUT2D eigenvalue weighted by Gasteiger charge is -2.62. The van der Waals surface area contributed by atoms with E-state index < -0.39 is 34.1 Å². The zero-order valence-electron chi connectivity index (χ0n) is 21.5. The Labute approximate surface area is 213 Å². The number of ether oxygens (including phenoxy) is 1. The maximum absolute atomic E-state index is 13.3. The quantitative estimate of drug-likeness (QED) is 0.372. The third kappa shape index (κ3) is 4.73. The lowest BCUT2D eigenvalue weighted by atomic mass is 9.43. The van der Waals surface area contributed by atoms with Crippen LogP contribution in [0, 0.1) is 46.3 Å². The van der Waals surface area contributed by atoms with Crippen LogP contribution in [0.25, 0.3) is 0 Å². The Balaban J connectivity index is 1.39. The number of rotatable bonds is 7. The number of alkyl halides is 2. The van der Waals surface area contributed by atoms with E-state index in [2.05, 4.69) is 18.6 Å². The predicted octanol–water partition coefficient (Wildman–Crippen LogP) is 4.07. The summed E-state index contributed by atoms with van der Waals surface area (Å²) < 4.78 is 62.7. The van der Waals surface area contributed by atoms with Crippen molar-refractivity contribution in [1.29, 1.82) is 0 Å². The first-order chi connectivity index (χ1) is 16.6. The molecule has 208 valence electrons. The Kier molecular flexibility index (Phi) is 7.61. The summed E-state index contributed by atoms with van der Waals surface area (Å²) in [4.78, 5) is 12.0. The summed E-state index contributed by atoms with van der Waals surface area (Å²) >= 11 is 0. The number of hydrogen-bond donors (Lipinski definition) is 2. The summed E-state index contributed by atoms with van der Waals surface area (Å²) in [7, 11) is -5.90. The molecule has 2 N–H and O–H groups in total. The van der Waals surface area contributed by atoms with Crippen molar-refractivity contribution in [1.82, 2.24) is 0 Å². The highest BCUT2D eigenvalue weighted by atomic mass is 32.2. The highest BCUT2D eigenvalue weighted by Crippen LogP contribution is 2.68. The highest BCUT2D eigenvalue weighted by molar-refractivity contribution is 7.86. The van der Waals surface area contributed by atoms with E-state index >= 15 is 0 Å². The number of esters is 1. The van der Waals surface area contributed by atoms with Crippen molar-refractivity contribution < 1.29 is 41.5 Å². The summed E-state index contributed by atoms with van der Waals surface area (Å²) in [6, 6.07) is 0. The molecule has 0 saturated heterocycles. The molecular formula is C26H41F2O7S-. The summed E-state index contributed by atoms with van der Waals surface area (Å²) in [6.07, 6.45) is 7.19. The molecule has 0 aromatic heterocycles. The molecule has 4 saturated carbocycles. The number of carbonyl (C=O) groups is 1. The van der Waals surface area contributed by atoms with Gasteiger partial charge in [0, 0.05) is 6.42 Å². The van der Waals surface area contributed by atoms with Crippen LogP contribution in [0.3, 0.4) is 0 Å². The molecule has 0 spiro atoms. The van der Waals surface area contributed by atoms with Gasteiger partial charge in [0.2, 0.25) is 0 Å². The molecule has 4 aliphatic rings. The molecule has 0 aliphatic heterocycles. The summed E-state index contributed by atoms with van der Waals surface area (Å²) in [5.41, 5.74) is -0.136. The van der Waals surface area contributed by atoms with E-state index in [1.54, 1.807) is 0 Å². The van der Waals surface area contributed by atoms with Crippen molar-refractivity contribution in [2.45, 2.75) is 102 Å². The van der Waals surface area contributed by atoms with Crippen LogP contribution in [0.15, 0.2) is 0 Å². The lowest BCUT2D eigenvalue weighted by Crippen LogP contribution is -2.58. The van der Waals surface area contributed by atoms with E-state index in [1.165, 1.54) is 0 Å². The van der Waals surface area contributed by atoms with Gasteiger partial charge in [-0.25, -0.2) is 8.42 Å². The molecule has 0 amide bonds. The van der Waals surface area contributed by atoms with Crippen LogP contribution in [0.4, 0.5) is 8.78 Å². The zero-order valence-corrected chi connectivity index (χ0v) is 22.3. The number of aliphatic hydroxyl groups excluding tert-OH is 2. The standard InChI is InChI=1S/C26H42F2O7S/c1-15(4-9-23(31)35-14-26(27,28)36(32,33)34)19-7-8-20-18-6-5-16-12-17(29)10-11-24(16,2)21(18)13-22(30)25(19,20)3/h15-22,29-30H,4-14H2,1-3H3,(H,32,33,34)/p-1/t15-,16-,17-,18+,19-,20+,21+,22+,24+,25-/m1/s1. The van der Waals surface area contributed by atoms with Crippen molar-refractivity contribution in [3.05, 3.63) is 0 Å². The number of fused-ring (bicyclic) bond motifs is 5. The first-order valence-corrected chi connectivity index (χ1v) is 14.9. The van der Waals surface area contributed by atoms with Gasteiger partial charge >= 0.3 is 11.2 Å². The van der Waals surface area contributed by atoms with Gasteiger partial charge < -0.3 is 19.5 Å². The van der Waals surface area contributed by atoms with E-state index in [1.807, 2.05) is 6.92 Å². The first-order valence-electron chi connectivity index (χ1n) is 13.5. The minimum absolute atomic E-state index is 0.0410. The van der Waals surface area contributed by atoms with Crippen molar-refractivity contribution in [2.24, 2.45) is 46.3 Å². The zero-order chi connectivity index (χ0) is 26.7. The van der Waals surface area contributed by atoms with Gasteiger partial charge in [0.1, 0.15) is 0 Å². The predicted molar refractivity (Wildman–Crippen MR) is 127 cm³/mol. The molecule has 0 bridgehead atoms. The van der Waals surface area contributed by atoms with Crippen LogP contribution < -0.4 is 0 Å². The van der Waals surface area contributed by atoms with Gasteiger partial charge in [0.15, 0.2) is 16.7 Å². The molecule has 0 aromatic rings. The average molecular weight is 536 g/mol. The third-order valence-electron chi connectivity index (χ3n) is 11.1. The monoisotopic (exact) mass is 535 g/mol. The van der Waals surface area contributed by atoms with E-state index in [-0.39, 0.29) is 35.2 Å². The fraction of sp³-hybridized carbons (Fsp3) is 0.962. The molecule has 7 nitrogen and oxygen atoms in total. The highest BCUT2D eigenvalue weighted by Gasteiger charge is 2.63. The molecule has 4 aliphatic carbocycles. The number of halogens is 2. The van der Waals surface area contributed by atoms with Crippen molar-refractivity contribution in [3.8, 4) is 0 Å². The fourth-order valence-corrected chi connectivity index (χ4v) is 9.22. The van der Waals surface area contributed by atoms with Gasteiger partial charge in [-0.05, 0) is 104 Å². The van der Waals surface area contributed by atoms with E-state index in [0.29, 0.717) is 30.1 Å². The van der Waals surface area contributed by atoms with Gasteiger partial charge in [0.05, 0.1) is 12.2 Å². The Morgan fingerprint density at radius 3 is 2.47 bits per heavy atom. The summed E-state index contributed by atoms with van der Waals surface area (Å²) in [5, 5.41) is 17.2. The molecule has 10 heteroatoms. The second-order valence-electron chi connectivity index (χ2n) is 12.7. The number of hydrogen-bond acceptors (Lipinski definition) is 7. The van der Waals surface area contributed by atoms with Gasteiger partial charge in [-0.15, -0.1) is 0 Å². The van der Waals surface area contributed by atoms with Crippen LogP contribution in [0.1, 0.15) is 85.0 Å². The number of carbonyl (C=O) groups excluding carboxylic acids is 1. The van der Waals surface area contributed by atoms with Crippen LogP contribution in [-0.2, 0) is 19.6 Å². The minimum Gasteiger partial charge on any atom is -0.743 e. The SMILES string of the molecule is C[C@H](CCC(=O)OCC(F)(F)S(=O)(=O)[O-])[C@H]1CC[C@H]2[C@@H]3CC[C@@H]4C[C@H](O)CC[C@]4(C)[C@H]3C[C@H](O)[C@]12C. The van der Waals surface area contributed by atoms with E-state index in [0.717, 1.165) is 51.4 Å². The van der Waals surface area contributed by atoms with Gasteiger partial charge in [-0.3, -0.25) is 4.79 Å². The second-order valence-corrected chi connectivity index (χ2v) is 14.2. The molecule has 10 atom stereocenters. The van der Waals surface area contributed by atoms with E-state index in [9.17, 15) is 36.8 Å². The smallest absolute Gasteiger partial charge is 0.367 e. The molecular weight excluding hydrogens is 494 g/mol. The molecule has 0 unspecified atom stereocenters. The Morgan fingerprint density at radius 1 is 1.11 bits per heavy atom. The molecule has 4 fully saturated rings. The van der Waals surface area contributed by atoms with E-state index in [4.69, 9.17) is 0 Å². The van der Waals surface area contributed by atoms with Crippen LogP contribution in [0.2, 0.25) is 0 Å². The van der Waals surface area contributed by atoms with Gasteiger partial charge in [0.25, 0.3) is 0 Å². The Hall–Kier alpha value is -0.840. The molecule has 4 rings (SSSR count). The normalized spacial score (nSPS) is 43.7.